The molecule has 1 aliphatic heterocycles. The number of pyridine rings is 1. The molecule has 1 aromatic carbocycles. The Labute approximate surface area is 112 Å². The number of anilines is 2. The van der Waals surface area contributed by atoms with Crippen LogP contribution >= 0.6 is 0 Å². The van der Waals surface area contributed by atoms with Crippen molar-refractivity contribution in [1.29, 1.82) is 0 Å². The second-order valence-electron chi connectivity index (χ2n) is 4.91. The van der Waals surface area contributed by atoms with Gasteiger partial charge in [-0.1, -0.05) is 0 Å². The number of hydrogen-bond donors (Lipinski definition) is 1. The highest BCUT2D eigenvalue weighted by molar-refractivity contribution is 6.05. The van der Waals surface area contributed by atoms with E-state index in [1.54, 1.807) is 13.1 Å². The summed E-state index contributed by atoms with van der Waals surface area (Å²) >= 11 is 0. The van der Waals surface area contributed by atoms with E-state index in [1.807, 2.05) is 18.2 Å². The Kier molecular flexibility index (Phi) is 3.07. The fourth-order valence-corrected chi connectivity index (χ4v) is 2.67. The summed E-state index contributed by atoms with van der Waals surface area (Å²) in [7, 11) is 0. The molecule has 1 aromatic heterocycles. The van der Waals surface area contributed by atoms with Crippen molar-refractivity contribution in [3.05, 3.63) is 30.5 Å². The molecule has 98 valence electrons. The molecule has 0 spiro atoms. The van der Waals surface area contributed by atoms with Gasteiger partial charge in [0.15, 0.2) is 0 Å². The highest BCUT2D eigenvalue weighted by Crippen LogP contribution is 2.34. The minimum atomic E-state index is -0.0446. The Morgan fingerprint density at radius 3 is 2.79 bits per heavy atom. The Hall–Kier alpha value is -2.10. The summed E-state index contributed by atoms with van der Waals surface area (Å²) in [5.41, 5.74) is 2.90. The van der Waals surface area contributed by atoms with E-state index >= 15 is 0 Å². The molecule has 1 saturated heterocycles. The Morgan fingerprint density at radius 1 is 1.26 bits per heavy atom. The number of carbonyl (C=O) groups excluding carboxylic acids is 1. The first-order chi connectivity index (χ1) is 9.25. The molecule has 0 unspecified atom stereocenters. The van der Waals surface area contributed by atoms with Crippen LogP contribution in [0.5, 0.6) is 0 Å². The van der Waals surface area contributed by atoms with Gasteiger partial charge in [-0.25, -0.2) is 0 Å². The van der Waals surface area contributed by atoms with Crippen LogP contribution in [0.4, 0.5) is 11.4 Å². The lowest BCUT2D eigenvalue weighted by atomic mass is 10.1. The topological polar surface area (TPSA) is 45.2 Å². The van der Waals surface area contributed by atoms with Crippen molar-refractivity contribution in [2.24, 2.45) is 0 Å². The van der Waals surface area contributed by atoms with Gasteiger partial charge in [-0.15, -0.1) is 0 Å². The molecule has 4 nitrogen and oxygen atoms in total. The zero-order chi connectivity index (χ0) is 13.2. The molecule has 1 aliphatic rings. The van der Waals surface area contributed by atoms with Gasteiger partial charge in [0.25, 0.3) is 0 Å². The van der Waals surface area contributed by atoms with Crippen LogP contribution in [0.15, 0.2) is 30.5 Å². The van der Waals surface area contributed by atoms with Gasteiger partial charge < -0.3 is 10.2 Å². The number of benzene rings is 1. The lowest BCUT2D eigenvalue weighted by molar-refractivity contribution is -0.114. The van der Waals surface area contributed by atoms with Gasteiger partial charge in [-0.3, -0.25) is 9.78 Å². The van der Waals surface area contributed by atoms with E-state index in [4.69, 9.17) is 0 Å². The minimum Gasteiger partial charge on any atom is -0.370 e. The smallest absolute Gasteiger partial charge is 0.221 e. The maximum absolute atomic E-state index is 11.5. The molecular formula is C15H17N3O. The summed E-state index contributed by atoms with van der Waals surface area (Å²) in [5, 5.41) is 3.97. The summed E-state index contributed by atoms with van der Waals surface area (Å²) in [6.07, 6.45) is 4.20. The number of nitrogens with zero attached hydrogens (tertiary/aromatic N) is 2. The third kappa shape index (κ3) is 2.26. The molecule has 0 saturated carbocycles. The summed E-state index contributed by atoms with van der Waals surface area (Å²) in [5.74, 6) is -0.0446. The molecule has 19 heavy (non-hydrogen) atoms. The van der Waals surface area contributed by atoms with Crippen LogP contribution in [0.25, 0.3) is 10.9 Å². The zero-order valence-electron chi connectivity index (χ0n) is 11.0. The average Bonchev–Trinajstić information content (AvgIpc) is 2.92. The van der Waals surface area contributed by atoms with E-state index in [9.17, 15) is 4.79 Å². The lowest BCUT2D eigenvalue weighted by Crippen LogP contribution is -2.20. The molecule has 1 amide bonds. The molecule has 0 atom stereocenters. The van der Waals surface area contributed by atoms with Crippen LogP contribution in [0, 0.1) is 0 Å². The number of amides is 1. The molecule has 1 fully saturated rings. The highest BCUT2D eigenvalue weighted by Gasteiger charge is 2.18. The lowest BCUT2D eigenvalue weighted by Gasteiger charge is -2.22. The van der Waals surface area contributed by atoms with Crippen LogP contribution in [-0.4, -0.2) is 24.0 Å². The van der Waals surface area contributed by atoms with E-state index in [0.29, 0.717) is 0 Å². The van der Waals surface area contributed by atoms with Gasteiger partial charge in [-0.05, 0) is 37.1 Å². The number of aromatic nitrogens is 1. The number of fused-ring (bicyclic) bond motifs is 1. The Balaban J connectivity index is 2.16. The highest BCUT2D eigenvalue weighted by atomic mass is 16.1. The molecule has 0 radical (unpaired) electrons. The SMILES string of the molecule is CC(=O)Nc1c(N2CCCC2)ccc2ncccc12. The maximum Gasteiger partial charge on any atom is 0.221 e. The third-order valence-electron chi connectivity index (χ3n) is 3.51. The predicted octanol–water partition coefficient (Wildman–Crippen LogP) is 2.79. The molecule has 3 rings (SSSR count). The van der Waals surface area contributed by atoms with Crippen molar-refractivity contribution >= 4 is 28.2 Å². The summed E-state index contributed by atoms with van der Waals surface area (Å²) in [6.45, 7) is 3.65. The monoisotopic (exact) mass is 255 g/mol. The molecule has 4 heteroatoms. The van der Waals surface area contributed by atoms with Crippen molar-refractivity contribution in [3.63, 3.8) is 0 Å². The fourth-order valence-electron chi connectivity index (χ4n) is 2.67. The first-order valence-corrected chi connectivity index (χ1v) is 6.66. The van der Waals surface area contributed by atoms with Gasteiger partial charge in [0.2, 0.25) is 5.91 Å². The molecule has 0 aliphatic carbocycles. The number of carbonyl (C=O) groups is 1. The normalized spacial score (nSPS) is 14.9. The van der Waals surface area contributed by atoms with Gasteiger partial charge in [0.05, 0.1) is 16.9 Å². The fraction of sp³-hybridized carbons (Fsp3) is 0.333. The van der Waals surface area contributed by atoms with E-state index in [2.05, 4.69) is 21.3 Å². The Bertz CT molecular complexity index is 618. The second-order valence-corrected chi connectivity index (χ2v) is 4.91. The van der Waals surface area contributed by atoms with Crippen molar-refractivity contribution in [3.8, 4) is 0 Å². The predicted molar refractivity (Wildman–Crippen MR) is 77.5 cm³/mol. The summed E-state index contributed by atoms with van der Waals surface area (Å²) < 4.78 is 0. The summed E-state index contributed by atoms with van der Waals surface area (Å²) in [6, 6.07) is 7.99. The molecular weight excluding hydrogens is 238 g/mol. The summed E-state index contributed by atoms with van der Waals surface area (Å²) in [4.78, 5) is 18.2. The standard InChI is InChI=1S/C15H17N3O/c1-11(19)17-15-12-5-4-8-16-13(12)6-7-14(15)18-9-2-3-10-18/h4-8H,2-3,9-10H2,1H3,(H,17,19). The van der Waals surface area contributed by atoms with Crippen molar-refractivity contribution in [1.82, 2.24) is 4.98 Å². The first kappa shape index (κ1) is 12.0. The van der Waals surface area contributed by atoms with Crippen LogP contribution < -0.4 is 10.2 Å². The van der Waals surface area contributed by atoms with Crippen LogP contribution in [0.3, 0.4) is 0 Å². The van der Waals surface area contributed by atoms with E-state index in [-0.39, 0.29) is 5.91 Å². The zero-order valence-corrected chi connectivity index (χ0v) is 11.0. The number of nitrogens with one attached hydrogen (secondary N) is 1. The van der Waals surface area contributed by atoms with E-state index < -0.39 is 0 Å². The van der Waals surface area contributed by atoms with Gasteiger partial charge >= 0.3 is 0 Å². The molecule has 2 aromatic rings. The molecule has 1 N–H and O–H groups in total. The quantitative estimate of drug-likeness (QED) is 0.897. The van der Waals surface area contributed by atoms with Gasteiger partial charge in [0.1, 0.15) is 0 Å². The van der Waals surface area contributed by atoms with Crippen LogP contribution in [-0.2, 0) is 4.79 Å². The van der Waals surface area contributed by atoms with E-state index in [1.165, 1.54) is 12.8 Å². The van der Waals surface area contributed by atoms with Crippen LogP contribution in [0.2, 0.25) is 0 Å². The van der Waals surface area contributed by atoms with Gasteiger partial charge in [-0.2, -0.15) is 0 Å². The van der Waals surface area contributed by atoms with Gasteiger partial charge in [0, 0.05) is 31.6 Å². The second kappa shape index (κ2) is 4.88. The van der Waals surface area contributed by atoms with Crippen molar-refractivity contribution in [2.45, 2.75) is 19.8 Å². The number of rotatable bonds is 2. The molecule has 2 heterocycles. The Morgan fingerprint density at radius 2 is 2.05 bits per heavy atom. The van der Waals surface area contributed by atoms with Crippen LogP contribution in [0.1, 0.15) is 19.8 Å². The minimum absolute atomic E-state index is 0.0446. The first-order valence-electron chi connectivity index (χ1n) is 6.66. The largest absolute Gasteiger partial charge is 0.370 e. The van der Waals surface area contributed by atoms with E-state index in [0.717, 1.165) is 35.4 Å². The average molecular weight is 255 g/mol. The maximum atomic E-state index is 11.5. The van der Waals surface area contributed by atoms with Crippen molar-refractivity contribution in [2.75, 3.05) is 23.3 Å². The third-order valence-corrected chi connectivity index (χ3v) is 3.51. The number of hydrogen-bond acceptors (Lipinski definition) is 3. The molecule has 0 bridgehead atoms. The van der Waals surface area contributed by atoms with Crippen molar-refractivity contribution < 1.29 is 4.79 Å².